The van der Waals surface area contributed by atoms with Gasteiger partial charge in [0.05, 0.1) is 24.8 Å². The molecule has 10 heteroatoms. The summed E-state index contributed by atoms with van der Waals surface area (Å²) in [5, 5.41) is 24.2. The molecule has 0 aromatic heterocycles. The fourth-order valence-electron chi connectivity index (χ4n) is 7.86. The van der Waals surface area contributed by atoms with Crippen LogP contribution in [0.5, 0.6) is 11.5 Å². The fraction of sp³-hybridized carbons (Fsp3) is 0.632. The Morgan fingerprint density at radius 3 is 2.48 bits per heavy atom. The number of amides is 1. The lowest BCUT2D eigenvalue weighted by atomic mass is 9.55. The molecule has 1 aliphatic heterocycles. The fourth-order valence-corrected chi connectivity index (χ4v) is 7.86. The molecule has 2 N–H and O–H groups in total. The number of unbranched alkanes of at least 4 members (excludes halogenated alkanes) is 2. The molecule has 1 amide bonds. The van der Waals surface area contributed by atoms with Crippen LogP contribution in [-0.2, 0) is 14.3 Å². The Balaban J connectivity index is 2.03. The maximum atomic E-state index is 13.7. The summed E-state index contributed by atoms with van der Waals surface area (Å²) in [6, 6.07) is 5.33. The van der Waals surface area contributed by atoms with E-state index in [9.17, 15) is 15.0 Å². The van der Waals surface area contributed by atoms with Gasteiger partial charge in [-0.2, -0.15) is 0 Å². The Bertz CT molecular complexity index is 1280. The summed E-state index contributed by atoms with van der Waals surface area (Å²) in [6.07, 6.45) is 11.3. The maximum absolute atomic E-state index is 13.7. The standard InChI is InChI=1S/C38H56N2O8/c1-6-19-40(37(43)44-9-4)34-26-32(39-47-10-5)30-24-27(15-11-13-20-41)29(16-12-14-21-42)35-31-25-28(45-22-7-2)17-18-33(31)48-38(34,36(30)35)46-23-8-3/h7-8,17-18,24-25,27,29,34-36,41-42H,2-3,6,9-16,19-23,26H2,1,4-5H3/t27-,29+,34-,35+,36+,38+/m0/s1. The lowest BCUT2D eigenvalue weighted by molar-refractivity contribution is -0.255. The molecule has 1 aromatic carbocycles. The van der Waals surface area contributed by atoms with Crippen LogP contribution in [0, 0.1) is 17.8 Å². The minimum atomic E-state index is -1.29. The van der Waals surface area contributed by atoms with Crippen LogP contribution in [0.4, 0.5) is 4.79 Å². The van der Waals surface area contributed by atoms with Crippen LogP contribution in [0.15, 0.2) is 60.3 Å². The van der Waals surface area contributed by atoms with E-state index < -0.39 is 17.9 Å². The Labute approximate surface area is 286 Å². The van der Waals surface area contributed by atoms with Gasteiger partial charge in [0.2, 0.25) is 5.79 Å². The average Bonchev–Trinajstić information content (AvgIpc) is 3.09. The SMILES string of the molecule is C=CCOc1ccc2c(c1)[C@H]1[C@H](CCCCO)[C@@H](CCCCO)C=C3C(=NOCC)C[C@H](N(CCC)C(=O)OCC)[C@@](OCC=C)(O2)[C@H]31. The number of aliphatic hydroxyl groups is 2. The molecular formula is C38H56N2O8. The van der Waals surface area contributed by atoms with Crippen LogP contribution in [-0.4, -0.2) is 84.9 Å². The number of carbonyl (C=O) groups excluding carboxylic acids is 1. The molecule has 1 heterocycles. The van der Waals surface area contributed by atoms with Crippen LogP contribution < -0.4 is 9.47 Å². The van der Waals surface area contributed by atoms with E-state index in [1.165, 1.54) is 0 Å². The first-order valence-electron chi connectivity index (χ1n) is 17.8. The Morgan fingerprint density at radius 1 is 1.06 bits per heavy atom. The molecule has 1 aromatic rings. The highest BCUT2D eigenvalue weighted by molar-refractivity contribution is 6.02. The van der Waals surface area contributed by atoms with Gasteiger partial charge in [-0.25, -0.2) is 4.79 Å². The van der Waals surface area contributed by atoms with Crippen molar-refractivity contribution < 1.29 is 38.8 Å². The van der Waals surface area contributed by atoms with Crippen molar-refractivity contribution >= 4 is 11.8 Å². The van der Waals surface area contributed by atoms with Gasteiger partial charge in [-0.05, 0) is 81.6 Å². The molecule has 0 unspecified atom stereocenters. The summed E-state index contributed by atoms with van der Waals surface area (Å²) in [7, 11) is 0. The van der Waals surface area contributed by atoms with E-state index in [0.29, 0.717) is 50.5 Å². The normalized spacial score (nSPS) is 26.4. The number of hydrogen-bond donors (Lipinski definition) is 2. The van der Waals surface area contributed by atoms with Gasteiger partial charge in [0.1, 0.15) is 30.8 Å². The van der Waals surface area contributed by atoms with E-state index in [2.05, 4.69) is 25.3 Å². The van der Waals surface area contributed by atoms with Gasteiger partial charge >= 0.3 is 6.09 Å². The molecule has 0 radical (unpaired) electrons. The summed E-state index contributed by atoms with van der Waals surface area (Å²) in [5.41, 5.74) is 2.79. The monoisotopic (exact) mass is 668 g/mol. The van der Waals surface area contributed by atoms with E-state index >= 15 is 0 Å². The second kappa shape index (κ2) is 18.4. The van der Waals surface area contributed by atoms with Crippen molar-refractivity contribution in [1.29, 1.82) is 0 Å². The first-order chi connectivity index (χ1) is 23.4. The topological polar surface area (TPSA) is 119 Å². The molecule has 266 valence electrons. The molecule has 48 heavy (non-hydrogen) atoms. The predicted octanol–water partition coefficient (Wildman–Crippen LogP) is 6.77. The highest BCUT2D eigenvalue weighted by atomic mass is 16.7. The first-order valence-corrected chi connectivity index (χ1v) is 17.8. The molecule has 4 rings (SSSR count). The van der Waals surface area contributed by atoms with Gasteiger partial charge in [0, 0.05) is 37.7 Å². The maximum Gasteiger partial charge on any atom is 0.410 e. The lowest BCUT2D eigenvalue weighted by Crippen LogP contribution is -2.70. The number of fused-ring (bicyclic) bond motifs is 2. The third-order valence-corrected chi connectivity index (χ3v) is 9.66. The number of ether oxygens (including phenoxy) is 4. The van der Waals surface area contributed by atoms with Crippen molar-refractivity contribution in [3.05, 3.63) is 60.7 Å². The second-order valence-corrected chi connectivity index (χ2v) is 12.7. The molecule has 1 saturated carbocycles. The van der Waals surface area contributed by atoms with Gasteiger partial charge in [-0.1, -0.05) is 49.7 Å². The molecule has 1 fully saturated rings. The van der Waals surface area contributed by atoms with E-state index in [0.717, 1.165) is 49.0 Å². The molecule has 0 spiro atoms. The van der Waals surface area contributed by atoms with Crippen molar-refractivity contribution in [2.24, 2.45) is 22.9 Å². The summed E-state index contributed by atoms with van der Waals surface area (Å²) in [5.74, 6) is -0.0595. The van der Waals surface area contributed by atoms with Crippen molar-refractivity contribution in [3.63, 3.8) is 0 Å². The zero-order valence-corrected chi connectivity index (χ0v) is 29.1. The molecule has 3 aliphatic rings. The zero-order chi connectivity index (χ0) is 34.5. The van der Waals surface area contributed by atoms with Gasteiger partial charge in [0.15, 0.2) is 0 Å². The van der Waals surface area contributed by atoms with Crippen molar-refractivity contribution in [3.8, 4) is 11.5 Å². The third kappa shape index (κ3) is 8.09. The zero-order valence-electron chi connectivity index (χ0n) is 29.1. The Morgan fingerprint density at radius 2 is 1.81 bits per heavy atom. The quantitative estimate of drug-likeness (QED) is 0.0888. The summed E-state index contributed by atoms with van der Waals surface area (Å²) < 4.78 is 25.7. The van der Waals surface area contributed by atoms with E-state index in [-0.39, 0.29) is 50.1 Å². The number of benzene rings is 1. The Hall–Kier alpha value is -3.34. The number of oxime groups is 1. The van der Waals surface area contributed by atoms with Crippen LogP contribution in [0.25, 0.3) is 0 Å². The summed E-state index contributed by atoms with van der Waals surface area (Å²) in [6.45, 7) is 15.5. The number of nitrogens with zero attached hydrogens (tertiary/aromatic N) is 2. The van der Waals surface area contributed by atoms with Crippen LogP contribution in [0.2, 0.25) is 0 Å². The smallest absolute Gasteiger partial charge is 0.410 e. The number of carbonyl (C=O) groups is 1. The van der Waals surface area contributed by atoms with Crippen LogP contribution in [0.3, 0.4) is 0 Å². The van der Waals surface area contributed by atoms with Crippen molar-refractivity contribution in [1.82, 2.24) is 4.90 Å². The van der Waals surface area contributed by atoms with Crippen molar-refractivity contribution in [2.45, 2.75) is 89.9 Å². The van der Waals surface area contributed by atoms with Gasteiger partial charge in [-0.15, -0.1) is 6.58 Å². The minimum Gasteiger partial charge on any atom is -0.490 e. The van der Waals surface area contributed by atoms with Gasteiger partial charge < -0.3 is 34.0 Å². The second-order valence-electron chi connectivity index (χ2n) is 12.7. The first kappa shape index (κ1) is 37.5. The molecule has 6 atom stereocenters. The molecule has 10 nitrogen and oxygen atoms in total. The van der Waals surface area contributed by atoms with E-state index in [1.807, 2.05) is 26.0 Å². The Kier molecular flexibility index (Phi) is 14.4. The molecular weight excluding hydrogens is 612 g/mol. The number of rotatable bonds is 20. The van der Waals surface area contributed by atoms with Gasteiger partial charge in [-0.3, -0.25) is 4.90 Å². The van der Waals surface area contributed by atoms with Crippen LogP contribution >= 0.6 is 0 Å². The molecule has 2 aliphatic carbocycles. The van der Waals surface area contributed by atoms with Gasteiger partial charge in [0.25, 0.3) is 0 Å². The highest BCUT2D eigenvalue weighted by Gasteiger charge is 2.65. The minimum absolute atomic E-state index is 0.107. The number of hydrogen-bond acceptors (Lipinski definition) is 9. The number of aliphatic hydroxyl groups excluding tert-OH is 2. The highest BCUT2D eigenvalue weighted by Crippen LogP contribution is 2.62. The van der Waals surface area contributed by atoms with Crippen LogP contribution in [0.1, 0.15) is 83.6 Å². The third-order valence-electron chi connectivity index (χ3n) is 9.66. The molecule has 0 saturated heterocycles. The summed E-state index contributed by atoms with van der Waals surface area (Å²) in [4.78, 5) is 21.2. The van der Waals surface area contributed by atoms with E-state index in [4.69, 9.17) is 28.9 Å². The summed E-state index contributed by atoms with van der Waals surface area (Å²) >= 11 is 0. The molecule has 0 bridgehead atoms. The largest absolute Gasteiger partial charge is 0.490 e. The predicted molar refractivity (Wildman–Crippen MR) is 186 cm³/mol. The van der Waals surface area contributed by atoms with Crippen molar-refractivity contribution in [2.75, 3.05) is 46.2 Å². The number of allylic oxidation sites excluding steroid dienone is 1. The lowest BCUT2D eigenvalue weighted by Gasteiger charge is -2.59. The average molecular weight is 669 g/mol. The van der Waals surface area contributed by atoms with E-state index in [1.54, 1.807) is 24.0 Å².